The van der Waals surface area contributed by atoms with Gasteiger partial charge in [-0.05, 0) is 30.7 Å². The van der Waals surface area contributed by atoms with E-state index in [-0.39, 0.29) is 44.5 Å². The number of rotatable bonds is 10. The summed E-state index contributed by atoms with van der Waals surface area (Å²) in [5.41, 5.74) is -3.24. The van der Waals surface area contributed by atoms with Gasteiger partial charge in [-0.3, -0.25) is 19.2 Å². The topological polar surface area (TPSA) is 129 Å². The van der Waals surface area contributed by atoms with Crippen LogP contribution in [0.3, 0.4) is 0 Å². The Morgan fingerprint density at radius 3 is 2.30 bits per heavy atom. The fourth-order valence-corrected chi connectivity index (χ4v) is 4.65. The van der Waals surface area contributed by atoms with Crippen molar-refractivity contribution in [1.29, 1.82) is 0 Å². The lowest BCUT2D eigenvalue weighted by atomic mass is 10.2. The van der Waals surface area contributed by atoms with E-state index < -0.39 is 46.7 Å². The van der Waals surface area contributed by atoms with Crippen LogP contribution in [0.4, 0.5) is 38.0 Å². The molecule has 0 saturated carbocycles. The average molecular weight is 653 g/mol. The van der Waals surface area contributed by atoms with Crippen LogP contribution >= 0.6 is 0 Å². The standard InChI is InChI=1S/C28H26F6N8O4/c1-16(38-21-12-37-42(25(44)23(21)28(32,33)34)13-17-3-5-20(45-2)6-4-17)14-46-15-19-9-22-24(43)40(7-8-41(22)39-19)26-35-10-18(11-36-26)27(29,30)31/h3-6,9-12,16,38H,7-8,13-15H2,1-2H3/t16-/m0/s1. The number of ether oxygens (including phenoxy) is 2. The van der Waals surface area contributed by atoms with Crippen LogP contribution in [0.1, 0.15) is 39.8 Å². The molecule has 46 heavy (non-hydrogen) atoms. The zero-order valence-electron chi connectivity index (χ0n) is 24.3. The number of aromatic nitrogens is 6. The number of carbonyl (C=O) groups excluding carboxylic acids is 1. The molecule has 0 bridgehead atoms. The van der Waals surface area contributed by atoms with Crippen molar-refractivity contribution in [3.05, 3.63) is 87.4 Å². The smallest absolute Gasteiger partial charge is 0.423 e. The highest BCUT2D eigenvalue weighted by Gasteiger charge is 2.39. The molecule has 0 aliphatic carbocycles. The largest absolute Gasteiger partial charge is 0.497 e. The van der Waals surface area contributed by atoms with Gasteiger partial charge in [-0.1, -0.05) is 12.1 Å². The first-order chi connectivity index (χ1) is 21.7. The number of alkyl halides is 6. The summed E-state index contributed by atoms with van der Waals surface area (Å²) in [6.45, 7) is 1.43. The maximum atomic E-state index is 14.0. The van der Waals surface area contributed by atoms with Crippen LogP contribution in [0.15, 0.2) is 53.7 Å². The molecule has 1 aromatic carbocycles. The summed E-state index contributed by atoms with van der Waals surface area (Å²) in [5, 5.41) is 10.8. The number of benzene rings is 1. The zero-order chi connectivity index (χ0) is 33.2. The fraction of sp³-hybridized carbons (Fsp3) is 0.357. The molecular formula is C28H26F6N8O4. The van der Waals surface area contributed by atoms with Crippen molar-refractivity contribution in [3.63, 3.8) is 0 Å². The number of methoxy groups -OCH3 is 1. The molecule has 0 spiro atoms. The molecule has 18 heteroatoms. The second-order valence-corrected chi connectivity index (χ2v) is 10.3. The van der Waals surface area contributed by atoms with Gasteiger partial charge in [0.05, 0.1) is 56.6 Å². The van der Waals surface area contributed by atoms with Crippen molar-refractivity contribution in [2.24, 2.45) is 0 Å². The first-order valence-corrected chi connectivity index (χ1v) is 13.7. The van der Waals surface area contributed by atoms with Crippen molar-refractivity contribution >= 4 is 17.5 Å². The number of nitrogens with one attached hydrogen (secondary N) is 1. The average Bonchev–Trinajstić information content (AvgIpc) is 3.42. The van der Waals surface area contributed by atoms with Crippen LogP contribution in [0.2, 0.25) is 0 Å². The Bertz CT molecular complexity index is 1750. The van der Waals surface area contributed by atoms with Gasteiger partial charge < -0.3 is 14.8 Å². The molecule has 12 nitrogen and oxygen atoms in total. The van der Waals surface area contributed by atoms with Gasteiger partial charge >= 0.3 is 12.4 Å². The Morgan fingerprint density at radius 1 is 0.978 bits per heavy atom. The minimum absolute atomic E-state index is 0.0641. The molecule has 1 aliphatic heterocycles. The molecule has 0 saturated heterocycles. The van der Waals surface area contributed by atoms with Crippen LogP contribution in [-0.4, -0.2) is 61.7 Å². The van der Waals surface area contributed by atoms with Crippen molar-refractivity contribution < 1.29 is 40.6 Å². The Balaban J connectivity index is 1.20. The molecule has 0 unspecified atom stereocenters. The minimum Gasteiger partial charge on any atom is -0.497 e. The summed E-state index contributed by atoms with van der Waals surface area (Å²) in [4.78, 5) is 34.3. The summed E-state index contributed by atoms with van der Waals surface area (Å²) in [7, 11) is 1.47. The second-order valence-electron chi connectivity index (χ2n) is 10.3. The van der Waals surface area contributed by atoms with Gasteiger partial charge in [0, 0.05) is 25.0 Å². The molecule has 1 atom stereocenters. The van der Waals surface area contributed by atoms with E-state index in [4.69, 9.17) is 9.47 Å². The van der Waals surface area contributed by atoms with Crippen LogP contribution in [0.25, 0.3) is 0 Å². The first-order valence-electron chi connectivity index (χ1n) is 13.7. The van der Waals surface area contributed by atoms with Crippen LogP contribution in [0.5, 0.6) is 5.75 Å². The fourth-order valence-electron chi connectivity index (χ4n) is 4.65. The Kier molecular flexibility index (Phi) is 9.00. The second kappa shape index (κ2) is 12.8. The number of anilines is 2. The van der Waals surface area contributed by atoms with Gasteiger partial charge in [0.15, 0.2) is 0 Å². The maximum absolute atomic E-state index is 14.0. The van der Waals surface area contributed by atoms with E-state index >= 15 is 0 Å². The molecule has 0 radical (unpaired) electrons. The summed E-state index contributed by atoms with van der Waals surface area (Å²) < 4.78 is 93.2. The van der Waals surface area contributed by atoms with Crippen LogP contribution in [-0.2, 0) is 36.8 Å². The molecular weight excluding hydrogens is 626 g/mol. The third-order valence-electron chi connectivity index (χ3n) is 6.88. The van der Waals surface area contributed by atoms with E-state index in [2.05, 4.69) is 25.5 Å². The predicted molar refractivity (Wildman–Crippen MR) is 149 cm³/mol. The number of fused-ring (bicyclic) bond motifs is 1. The molecule has 3 aromatic heterocycles. The van der Waals surface area contributed by atoms with E-state index in [9.17, 15) is 35.9 Å². The number of hydrogen-bond acceptors (Lipinski definition) is 9. The lowest BCUT2D eigenvalue weighted by Gasteiger charge is -2.25. The lowest BCUT2D eigenvalue weighted by molar-refractivity contribution is -0.139. The van der Waals surface area contributed by atoms with Crippen molar-refractivity contribution in [2.45, 2.75) is 45.0 Å². The highest BCUT2D eigenvalue weighted by atomic mass is 19.4. The van der Waals surface area contributed by atoms with Crippen molar-refractivity contribution in [3.8, 4) is 5.75 Å². The minimum atomic E-state index is -4.97. The van der Waals surface area contributed by atoms with E-state index in [1.165, 1.54) is 17.9 Å². The monoisotopic (exact) mass is 652 g/mol. The molecule has 0 fully saturated rings. The number of nitrogens with zero attached hydrogens (tertiary/aromatic N) is 7. The number of carbonyl (C=O) groups is 1. The summed E-state index contributed by atoms with van der Waals surface area (Å²) in [6.07, 6.45) is -7.46. The van der Waals surface area contributed by atoms with E-state index in [0.717, 1.165) is 15.8 Å². The Hall–Kier alpha value is -5.00. The number of halogens is 6. The van der Waals surface area contributed by atoms with Crippen LogP contribution in [0, 0.1) is 0 Å². The lowest BCUT2D eigenvalue weighted by Crippen LogP contribution is -2.41. The van der Waals surface area contributed by atoms with E-state index in [1.54, 1.807) is 31.2 Å². The molecule has 4 heterocycles. The number of hydrogen-bond donors (Lipinski definition) is 1. The summed E-state index contributed by atoms with van der Waals surface area (Å²) in [6, 6.07) is 7.19. The Labute approximate surface area is 256 Å². The van der Waals surface area contributed by atoms with Gasteiger partial charge in [-0.15, -0.1) is 0 Å². The van der Waals surface area contributed by atoms with E-state index in [0.29, 0.717) is 29.4 Å². The highest BCUT2D eigenvalue weighted by molar-refractivity contribution is 6.04. The quantitative estimate of drug-likeness (QED) is 0.253. The van der Waals surface area contributed by atoms with Crippen LogP contribution < -0.4 is 20.5 Å². The molecule has 1 N–H and O–H groups in total. The molecule has 1 aliphatic rings. The molecule has 244 valence electrons. The molecule has 1 amide bonds. The van der Waals surface area contributed by atoms with Crippen molar-refractivity contribution in [2.75, 3.05) is 30.5 Å². The SMILES string of the molecule is COc1ccc(Cn2ncc(N[C@@H](C)COCc3cc4n(n3)CCN(c3ncc(C(F)(F)F)cn3)C4=O)c(C(F)(F)F)c2=O)cc1. The van der Waals surface area contributed by atoms with Gasteiger partial charge in [0.1, 0.15) is 17.0 Å². The van der Waals surface area contributed by atoms with Gasteiger partial charge in [-0.25, -0.2) is 14.6 Å². The third-order valence-corrected chi connectivity index (χ3v) is 6.88. The highest BCUT2D eigenvalue weighted by Crippen LogP contribution is 2.32. The van der Waals surface area contributed by atoms with Crippen molar-refractivity contribution in [1.82, 2.24) is 29.5 Å². The summed E-state index contributed by atoms with van der Waals surface area (Å²) >= 11 is 0. The van der Waals surface area contributed by atoms with Gasteiger partial charge in [0.2, 0.25) is 5.95 Å². The maximum Gasteiger partial charge on any atom is 0.423 e. The van der Waals surface area contributed by atoms with Gasteiger partial charge in [-0.2, -0.15) is 36.5 Å². The zero-order valence-corrected chi connectivity index (χ0v) is 24.3. The number of amides is 1. The third kappa shape index (κ3) is 7.11. The van der Waals surface area contributed by atoms with E-state index in [1.807, 2.05) is 0 Å². The first kappa shape index (κ1) is 32.4. The molecule has 4 aromatic rings. The normalized spacial score (nSPS) is 14.3. The summed E-state index contributed by atoms with van der Waals surface area (Å²) in [5.74, 6) is -0.215. The molecule has 5 rings (SSSR count). The van der Waals surface area contributed by atoms with Gasteiger partial charge in [0.25, 0.3) is 11.5 Å². The predicted octanol–water partition coefficient (Wildman–Crippen LogP) is 4.00. The Morgan fingerprint density at radius 2 is 1.67 bits per heavy atom.